The fourth-order valence-electron chi connectivity index (χ4n) is 3.95. The molecular weight excluding hydrogens is 460 g/mol. The Labute approximate surface area is 209 Å². The van der Waals surface area contributed by atoms with E-state index in [0.717, 1.165) is 30.6 Å². The maximum absolute atomic E-state index is 13.1. The smallest absolute Gasteiger partial charge is 0.262 e. The molecule has 0 aliphatic carbocycles. The normalized spacial score (nSPS) is 11.4. The summed E-state index contributed by atoms with van der Waals surface area (Å²) in [5.74, 6) is 1.16. The van der Waals surface area contributed by atoms with E-state index in [0.29, 0.717) is 35.3 Å². The van der Waals surface area contributed by atoms with E-state index in [2.05, 4.69) is 53.4 Å². The number of aromatic nitrogens is 4. The van der Waals surface area contributed by atoms with Crippen LogP contribution in [0.2, 0.25) is 0 Å². The lowest BCUT2D eigenvalue weighted by Crippen LogP contribution is -2.29. The summed E-state index contributed by atoms with van der Waals surface area (Å²) in [6.45, 7) is 6.30. The van der Waals surface area contributed by atoms with Crippen molar-refractivity contribution in [3.8, 4) is 0 Å². The zero-order chi connectivity index (χ0) is 24.8. The fraction of sp³-hybridized carbons (Fsp3) is 0.385. The van der Waals surface area contributed by atoms with E-state index in [1.54, 1.807) is 4.57 Å². The van der Waals surface area contributed by atoms with E-state index < -0.39 is 0 Å². The number of nitrogens with zero attached hydrogens (tertiary/aromatic N) is 5. The minimum absolute atomic E-state index is 0.0495. The number of hydrogen-bond donors (Lipinski definition) is 1. The summed E-state index contributed by atoms with van der Waals surface area (Å²) in [6, 6.07) is 17.7. The zero-order valence-electron chi connectivity index (χ0n) is 20.5. The van der Waals surface area contributed by atoms with E-state index in [9.17, 15) is 9.59 Å². The highest BCUT2D eigenvalue weighted by Crippen LogP contribution is 2.22. The molecule has 1 amide bonds. The van der Waals surface area contributed by atoms with Gasteiger partial charge in [0.05, 0.1) is 16.7 Å². The van der Waals surface area contributed by atoms with Gasteiger partial charge in [-0.05, 0) is 43.0 Å². The number of nitrogens with one attached hydrogen (secondary N) is 1. The van der Waals surface area contributed by atoms with Crippen LogP contribution in [0.1, 0.15) is 26.7 Å². The molecule has 0 radical (unpaired) electrons. The van der Waals surface area contributed by atoms with Crippen molar-refractivity contribution >= 4 is 40.0 Å². The molecule has 0 bridgehead atoms. The number of thioether (sulfide) groups is 1. The molecule has 9 heteroatoms. The van der Waals surface area contributed by atoms with Gasteiger partial charge in [0.25, 0.3) is 5.56 Å². The minimum atomic E-state index is -0.0593. The van der Waals surface area contributed by atoms with Crippen LogP contribution < -0.4 is 15.8 Å². The molecule has 35 heavy (non-hydrogen) atoms. The average Bonchev–Trinajstić information content (AvgIpc) is 3.29. The third-order valence-electron chi connectivity index (χ3n) is 5.93. The Morgan fingerprint density at radius 2 is 1.83 bits per heavy atom. The largest absolute Gasteiger partial charge is 0.375 e. The lowest BCUT2D eigenvalue weighted by molar-refractivity contribution is -0.118. The molecule has 2 aromatic heterocycles. The number of aryl methyl sites for hydroxylation is 1. The third kappa shape index (κ3) is 5.85. The van der Waals surface area contributed by atoms with Crippen molar-refractivity contribution in [2.45, 2.75) is 38.4 Å². The van der Waals surface area contributed by atoms with Crippen molar-refractivity contribution in [3.05, 3.63) is 65.0 Å². The van der Waals surface area contributed by atoms with Gasteiger partial charge in [0.1, 0.15) is 0 Å². The van der Waals surface area contributed by atoms with Crippen LogP contribution in [0.15, 0.2) is 64.5 Å². The van der Waals surface area contributed by atoms with Crippen molar-refractivity contribution in [3.63, 3.8) is 0 Å². The van der Waals surface area contributed by atoms with Gasteiger partial charge in [0, 0.05) is 32.4 Å². The molecule has 0 unspecified atom stereocenters. The van der Waals surface area contributed by atoms with Crippen molar-refractivity contribution in [1.29, 1.82) is 0 Å². The lowest BCUT2D eigenvalue weighted by atomic mass is 10.1. The topological polar surface area (TPSA) is 84.5 Å². The molecule has 8 nitrogen and oxygen atoms in total. The Morgan fingerprint density at radius 3 is 2.60 bits per heavy atom. The van der Waals surface area contributed by atoms with Gasteiger partial charge < -0.3 is 10.2 Å². The second-order valence-electron chi connectivity index (χ2n) is 9.02. The van der Waals surface area contributed by atoms with Crippen LogP contribution in [0, 0.1) is 5.92 Å². The standard InChI is InChI=1S/C26H32N6O2S/c1-19(2)14-17-31-24(34)21-12-7-8-13-22(21)32-25(31)28-29-26(32)35-18-23(33)27-15-9-16-30(3)20-10-5-4-6-11-20/h4-8,10-13,19H,9,14-18H2,1-3H3,(H,27,33). The predicted octanol–water partition coefficient (Wildman–Crippen LogP) is 3.83. The molecule has 4 aromatic rings. The molecule has 2 aromatic carbocycles. The van der Waals surface area contributed by atoms with E-state index in [1.807, 2.05) is 46.9 Å². The second kappa shape index (κ2) is 11.4. The summed E-state index contributed by atoms with van der Waals surface area (Å²) >= 11 is 1.33. The third-order valence-corrected chi connectivity index (χ3v) is 6.86. The van der Waals surface area contributed by atoms with Gasteiger partial charge in [0.2, 0.25) is 11.7 Å². The molecule has 0 spiro atoms. The van der Waals surface area contributed by atoms with Gasteiger partial charge in [-0.2, -0.15) is 0 Å². The first-order valence-corrected chi connectivity index (χ1v) is 13.0. The van der Waals surface area contributed by atoms with Crippen LogP contribution in [0.3, 0.4) is 0 Å². The first-order chi connectivity index (χ1) is 17.0. The molecular formula is C26H32N6O2S. The summed E-state index contributed by atoms with van der Waals surface area (Å²) < 4.78 is 3.59. The van der Waals surface area contributed by atoms with Crippen LogP contribution in [-0.4, -0.2) is 51.0 Å². The second-order valence-corrected chi connectivity index (χ2v) is 9.97. The Morgan fingerprint density at radius 1 is 1.09 bits per heavy atom. The molecule has 2 heterocycles. The van der Waals surface area contributed by atoms with Crippen LogP contribution in [-0.2, 0) is 11.3 Å². The molecule has 0 fully saturated rings. The molecule has 184 valence electrons. The molecule has 0 atom stereocenters. The maximum Gasteiger partial charge on any atom is 0.262 e. The SMILES string of the molecule is CC(C)CCn1c(=O)c2ccccc2n2c(SCC(=O)NCCCN(C)c3ccccc3)nnc12. The first kappa shape index (κ1) is 24.8. The van der Waals surface area contributed by atoms with Crippen LogP contribution in [0.25, 0.3) is 16.7 Å². The number of carbonyl (C=O) groups excluding carboxylic acids is 1. The van der Waals surface area contributed by atoms with Crippen molar-refractivity contribution in [1.82, 2.24) is 24.5 Å². The highest BCUT2D eigenvalue weighted by atomic mass is 32.2. The average molecular weight is 493 g/mol. The van der Waals surface area contributed by atoms with Crippen molar-refractivity contribution in [2.24, 2.45) is 5.92 Å². The zero-order valence-corrected chi connectivity index (χ0v) is 21.3. The van der Waals surface area contributed by atoms with Gasteiger partial charge in [-0.3, -0.25) is 18.6 Å². The predicted molar refractivity (Wildman–Crippen MR) is 142 cm³/mol. The van der Waals surface area contributed by atoms with Gasteiger partial charge >= 0.3 is 0 Å². The molecule has 0 aliphatic heterocycles. The Balaban J connectivity index is 1.41. The van der Waals surface area contributed by atoms with Gasteiger partial charge in [-0.1, -0.05) is 55.9 Å². The first-order valence-electron chi connectivity index (χ1n) is 12.0. The van der Waals surface area contributed by atoms with Crippen molar-refractivity contribution < 1.29 is 4.79 Å². The quantitative estimate of drug-likeness (QED) is 0.253. The van der Waals surface area contributed by atoms with Crippen LogP contribution in [0.4, 0.5) is 5.69 Å². The van der Waals surface area contributed by atoms with E-state index in [4.69, 9.17) is 0 Å². The molecule has 4 rings (SSSR count). The molecule has 0 saturated heterocycles. The molecule has 1 N–H and O–H groups in total. The van der Waals surface area contributed by atoms with Gasteiger partial charge in [-0.15, -0.1) is 10.2 Å². The highest BCUT2D eigenvalue weighted by Gasteiger charge is 2.17. The van der Waals surface area contributed by atoms with E-state index >= 15 is 0 Å². The lowest BCUT2D eigenvalue weighted by Gasteiger charge is -2.19. The van der Waals surface area contributed by atoms with Crippen molar-refractivity contribution in [2.75, 3.05) is 30.8 Å². The molecule has 0 aliphatic rings. The summed E-state index contributed by atoms with van der Waals surface area (Å²) in [6.07, 6.45) is 1.72. The van der Waals surface area contributed by atoms with Crippen LogP contribution >= 0.6 is 11.8 Å². The van der Waals surface area contributed by atoms with Crippen LogP contribution in [0.5, 0.6) is 0 Å². The Bertz CT molecular complexity index is 1350. The van der Waals surface area contributed by atoms with Gasteiger partial charge in [-0.25, -0.2) is 0 Å². The summed E-state index contributed by atoms with van der Waals surface area (Å²) in [7, 11) is 2.05. The Kier molecular flexibility index (Phi) is 8.07. The molecule has 0 saturated carbocycles. The van der Waals surface area contributed by atoms with E-state index in [1.165, 1.54) is 11.8 Å². The summed E-state index contributed by atoms with van der Waals surface area (Å²) in [4.78, 5) is 27.8. The number of fused-ring (bicyclic) bond motifs is 3. The number of anilines is 1. The number of benzene rings is 2. The Hall–Kier alpha value is -3.33. The summed E-state index contributed by atoms with van der Waals surface area (Å²) in [5, 5.41) is 12.9. The summed E-state index contributed by atoms with van der Waals surface area (Å²) in [5.41, 5.74) is 1.85. The maximum atomic E-state index is 13.1. The number of amides is 1. The monoisotopic (exact) mass is 492 g/mol. The number of carbonyl (C=O) groups is 1. The van der Waals surface area contributed by atoms with Gasteiger partial charge in [0.15, 0.2) is 5.16 Å². The number of hydrogen-bond acceptors (Lipinski definition) is 6. The highest BCUT2D eigenvalue weighted by molar-refractivity contribution is 7.99. The fourth-order valence-corrected chi connectivity index (χ4v) is 4.72. The number of rotatable bonds is 11. The minimum Gasteiger partial charge on any atom is -0.375 e. The van der Waals surface area contributed by atoms with E-state index in [-0.39, 0.29) is 17.2 Å². The number of para-hydroxylation sites is 2.